The van der Waals surface area contributed by atoms with Gasteiger partial charge in [-0.2, -0.15) is 0 Å². The van der Waals surface area contributed by atoms with Gasteiger partial charge in [-0.25, -0.2) is 0 Å². The molecule has 0 bridgehead atoms. The molecule has 4 rings (SSSR count). The lowest BCUT2D eigenvalue weighted by Gasteiger charge is -2.19. The molecule has 0 heterocycles. The second-order valence-electron chi connectivity index (χ2n) is 6.88. The van der Waals surface area contributed by atoms with Crippen molar-refractivity contribution in [2.45, 2.75) is 0 Å². The highest BCUT2D eigenvalue weighted by molar-refractivity contribution is 6.52. The van der Waals surface area contributed by atoms with Gasteiger partial charge in [0.05, 0.1) is 5.02 Å². The number of hydrogen-bond acceptors (Lipinski definition) is 3. The third-order valence-electron chi connectivity index (χ3n) is 4.58. The zero-order valence-electron chi connectivity index (χ0n) is 17.3. The van der Waals surface area contributed by atoms with Crippen LogP contribution in [0.5, 0.6) is 34.5 Å². The maximum atomic E-state index is 6.46. The number of rotatable bonds is 6. The Bertz CT molecular complexity index is 1400. The molecular formula is C24H9Cl9O3. The van der Waals surface area contributed by atoms with Crippen molar-refractivity contribution in [2.75, 3.05) is 0 Å². The summed E-state index contributed by atoms with van der Waals surface area (Å²) in [5.41, 5.74) is 0. The van der Waals surface area contributed by atoms with E-state index in [1.807, 2.05) is 6.07 Å². The fourth-order valence-electron chi connectivity index (χ4n) is 2.89. The van der Waals surface area contributed by atoms with E-state index < -0.39 is 0 Å². The molecule has 3 nitrogen and oxygen atoms in total. The SMILES string of the molecule is Clc1ccccc1Oc1c(Cl)c(Cl)c(Oc2c(Cl)c(Cl)c(Oc3ccccc3)c(Cl)c2Cl)c(Cl)c1Cl. The Hall–Kier alpha value is -1.11. The quantitative estimate of drug-likeness (QED) is 0.192. The summed E-state index contributed by atoms with van der Waals surface area (Å²) in [5, 5.41) is -0.530. The van der Waals surface area contributed by atoms with Crippen LogP contribution in [0.4, 0.5) is 0 Å². The molecule has 0 radical (unpaired) electrons. The highest BCUT2D eigenvalue weighted by Crippen LogP contribution is 2.56. The van der Waals surface area contributed by atoms with Crippen LogP contribution in [0, 0.1) is 0 Å². The fraction of sp³-hybridized carbons (Fsp3) is 0. The van der Waals surface area contributed by atoms with E-state index in [1.165, 1.54) is 0 Å². The molecule has 4 aromatic rings. The van der Waals surface area contributed by atoms with Gasteiger partial charge in [0.15, 0.2) is 23.0 Å². The Morgan fingerprint density at radius 2 is 0.722 bits per heavy atom. The average molecular weight is 664 g/mol. The van der Waals surface area contributed by atoms with Gasteiger partial charge in [0.2, 0.25) is 0 Å². The van der Waals surface area contributed by atoms with Crippen LogP contribution in [-0.2, 0) is 0 Å². The Morgan fingerprint density at radius 3 is 1.17 bits per heavy atom. The molecule has 36 heavy (non-hydrogen) atoms. The summed E-state index contributed by atoms with van der Waals surface area (Å²) in [6.07, 6.45) is 0. The van der Waals surface area contributed by atoms with Crippen LogP contribution < -0.4 is 14.2 Å². The van der Waals surface area contributed by atoms with Gasteiger partial charge < -0.3 is 14.2 Å². The third-order valence-corrected chi connectivity index (χ3v) is 8.17. The molecule has 12 heteroatoms. The van der Waals surface area contributed by atoms with E-state index in [0.29, 0.717) is 10.8 Å². The van der Waals surface area contributed by atoms with Gasteiger partial charge in [-0.15, -0.1) is 0 Å². The van der Waals surface area contributed by atoms with Crippen LogP contribution in [0.2, 0.25) is 45.2 Å². The van der Waals surface area contributed by atoms with E-state index in [0.717, 1.165) is 0 Å². The first kappa shape index (κ1) is 27.9. The molecule has 0 saturated heterocycles. The Morgan fingerprint density at radius 1 is 0.361 bits per heavy atom. The zero-order valence-corrected chi connectivity index (χ0v) is 24.1. The van der Waals surface area contributed by atoms with E-state index in [-0.39, 0.29) is 68.9 Å². The van der Waals surface area contributed by atoms with E-state index >= 15 is 0 Å². The lowest BCUT2D eigenvalue weighted by molar-refractivity contribution is 0.465. The van der Waals surface area contributed by atoms with Gasteiger partial charge in [0.25, 0.3) is 0 Å². The van der Waals surface area contributed by atoms with Crippen molar-refractivity contribution in [3.05, 3.63) is 99.8 Å². The second-order valence-corrected chi connectivity index (χ2v) is 10.3. The summed E-state index contributed by atoms with van der Waals surface area (Å²) < 4.78 is 17.4. The maximum Gasteiger partial charge on any atom is 0.168 e. The van der Waals surface area contributed by atoms with E-state index in [2.05, 4.69) is 0 Å². The molecule has 0 unspecified atom stereocenters. The van der Waals surface area contributed by atoms with E-state index in [9.17, 15) is 0 Å². The van der Waals surface area contributed by atoms with Gasteiger partial charge in [0, 0.05) is 0 Å². The summed E-state index contributed by atoms with van der Waals surface area (Å²) in [4.78, 5) is 0. The molecule has 0 fully saturated rings. The molecule has 0 aromatic heterocycles. The number of benzene rings is 4. The molecule has 0 aliphatic rings. The van der Waals surface area contributed by atoms with Crippen LogP contribution in [0.25, 0.3) is 0 Å². The van der Waals surface area contributed by atoms with Crippen molar-refractivity contribution in [3.8, 4) is 34.5 Å². The summed E-state index contributed by atoms with van der Waals surface area (Å²) in [5.74, 6) is 0.428. The zero-order chi connectivity index (χ0) is 26.1. The third kappa shape index (κ3) is 5.51. The fourth-order valence-corrected chi connectivity index (χ4v) is 5.01. The largest absolute Gasteiger partial charge is 0.454 e. The van der Waals surface area contributed by atoms with Crippen molar-refractivity contribution in [2.24, 2.45) is 0 Å². The van der Waals surface area contributed by atoms with Gasteiger partial charge in [-0.3, -0.25) is 0 Å². The highest BCUT2D eigenvalue weighted by Gasteiger charge is 2.28. The summed E-state index contributed by atoms with van der Waals surface area (Å²) in [6, 6.07) is 15.5. The summed E-state index contributed by atoms with van der Waals surface area (Å²) in [7, 11) is 0. The average Bonchev–Trinajstić information content (AvgIpc) is 2.88. The van der Waals surface area contributed by atoms with Gasteiger partial charge in [-0.05, 0) is 24.3 Å². The Balaban J connectivity index is 1.75. The van der Waals surface area contributed by atoms with Crippen molar-refractivity contribution in [1.82, 2.24) is 0 Å². The molecule has 0 N–H and O–H groups in total. The van der Waals surface area contributed by atoms with Crippen LogP contribution in [0.15, 0.2) is 54.6 Å². The molecule has 0 amide bonds. The first-order valence-corrected chi connectivity index (χ1v) is 13.1. The Labute approximate surface area is 251 Å². The van der Waals surface area contributed by atoms with Crippen molar-refractivity contribution in [1.29, 1.82) is 0 Å². The molecule has 0 aliphatic heterocycles. The normalized spacial score (nSPS) is 10.9. The predicted octanol–water partition coefficient (Wildman–Crippen LogP) is 12.9. The molecule has 0 aliphatic carbocycles. The standard InChI is InChI=1S/C24H9Cl9O3/c25-11-8-4-5-9-12(11)35-22-15(28)19(32)24(20(33)16(22)29)36-23-17(30)13(26)21(14(27)18(23)31)34-10-6-2-1-3-7-10/h1-9H. The summed E-state index contributed by atoms with van der Waals surface area (Å²) in [6.45, 7) is 0. The summed E-state index contributed by atoms with van der Waals surface area (Å²) >= 11 is 57.8. The lowest BCUT2D eigenvalue weighted by atomic mass is 10.2. The number of para-hydroxylation sites is 2. The minimum absolute atomic E-state index is 0.0311. The topological polar surface area (TPSA) is 27.7 Å². The van der Waals surface area contributed by atoms with Crippen LogP contribution in [0.1, 0.15) is 0 Å². The van der Waals surface area contributed by atoms with Gasteiger partial charge in [-0.1, -0.05) is 135 Å². The van der Waals surface area contributed by atoms with Crippen molar-refractivity contribution < 1.29 is 14.2 Å². The maximum absolute atomic E-state index is 6.46. The minimum atomic E-state index is -0.160. The lowest BCUT2D eigenvalue weighted by Crippen LogP contribution is -1.96. The molecule has 4 aromatic carbocycles. The van der Waals surface area contributed by atoms with Crippen LogP contribution in [-0.4, -0.2) is 0 Å². The number of ether oxygens (including phenoxy) is 3. The van der Waals surface area contributed by atoms with Crippen LogP contribution >= 0.6 is 104 Å². The Kier molecular flexibility index (Phi) is 9.10. The van der Waals surface area contributed by atoms with E-state index in [4.69, 9.17) is 119 Å². The predicted molar refractivity (Wildman–Crippen MR) is 151 cm³/mol. The molecular weight excluding hydrogens is 655 g/mol. The molecule has 0 atom stereocenters. The minimum Gasteiger partial charge on any atom is -0.454 e. The van der Waals surface area contributed by atoms with Crippen molar-refractivity contribution in [3.63, 3.8) is 0 Å². The van der Waals surface area contributed by atoms with Crippen LogP contribution in [0.3, 0.4) is 0 Å². The first-order valence-electron chi connectivity index (χ1n) is 9.66. The molecule has 0 spiro atoms. The molecule has 0 saturated carbocycles. The first-order chi connectivity index (χ1) is 17.1. The number of halogens is 9. The molecule has 186 valence electrons. The monoisotopic (exact) mass is 660 g/mol. The smallest absolute Gasteiger partial charge is 0.168 e. The van der Waals surface area contributed by atoms with E-state index in [1.54, 1.807) is 48.5 Å². The van der Waals surface area contributed by atoms with Crippen molar-refractivity contribution >= 4 is 104 Å². The number of hydrogen-bond donors (Lipinski definition) is 0. The van der Waals surface area contributed by atoms with Gasteiger partial charge >= 0.3 is 0 Å². The second kappa shape index (κ2) is 11.7. The highest BCUT2D eigenvalue weighted by atomic mass is 35.5. The van der Waals surface area contributed by atoms with Gasteiger partial charge in [0.1, 0.15) is 51.7 Å².